The lowest BCUT2D eigenvalue weighted by Crippen LogP contribution is -2.37. The van der Waals surface area contributed by atoms with E-state index in [0.29, 0.717) is 11.7 Å². The van der Waals surface area contributed by atoms with E-state index in [9.17, 15) is 13.2 Å². The van der Waals surface area contributed by atoms with E-state index >= 15 is 0 Å². The number of hydrogen-bond acceptors (Lipinski definition) is 5. The lowest BCUT2D eigenvalue weighted by atomic mass is 10.1. The monoisotopic (exact) mass is 430 g/mol. The molecule has 0 spiro atoms. The predicted octanol–water partition coefficient (Wildman–Crippen LogP) is 2.53. The van der Waals surface area contributed by atoms with E-state index in [1.807, 2.05) is 59.5 Å². The molecule has 0 aromatic heterocycles. The summed E-state index contributed by atoms with van der Waals surface area (Å²) < 4.78 is 29.6. The highest BCUT2D eigenvalue weighted by Gasteiger charge is 2.48. The molecule has 29 heavy (non-hydrogen) atoms. The SMILES string of the molecule is COc1cccc(CN2C(=NC(=O)Cc3ccccc3)S[C@@H]3CS(=O)(=O)C[C@@H]32)c1. The summed E-state index contributed by atoms with van der Waals surface area (Å²) in [7, 11) is -1.46. The largest absolute Gasteiger partial charge is 0.497 e. The first-order chi connectivity index (χ1) is 13.9. The van der Waals surface area contributed by atoms with Crippen LogP contribution in [-0.2, 0) is 27.6 Å². The molecule has 2 heterocycles. The Balaban J connectivity index is 1.58. The average molecular weight is 431 g/mol. The molecule has 2 aromatic rings. The molecular weight excluding hydrogens is 408 g/mol. The summed E-state index contributed by atoms with van der Waals surface area (Å²) in [6.45, 7) is 0.484. The lowest BCUT2D eigenvalue weighted by molar-refractivity contribution is -0.117. The molecule has 0 bridgehead atoms. The summed E-state index contributed by atoms with van der Waals surface area (Å²) in [6, 6.07) is 17.0. The number of nitrogens with zero attached hydrogens (tertiary/aromatic N) is 2. The van der Waals surface area contributed by atoms with Gasteiger partial charge in [0.1, 0.15) is 5.75 Å². The van der Waals surface area contributed by atoms with Crippen LogP contribution >= 0.6 is 11.8 Å². The van der Waals surface area contributed by atoms with Crippen LogP contribution < -0.4 is 4.74 Å². The predicted molar refractivity (Wildman–Crippen MR) is 115 cm³/mol. The molecule has 2 fully saturated rings. The van der Waals surface area contributed by atoms with E-state index in [1.165, 1.54) is 11.8 Å². The summed E-state index contributed by atoms with van der Waals surface area (Å²) in [5.41, 5.74) is 1.89. The van der Waals surface area contributed by atoms with Crippen molar-refractivity contribution >= 4 is 32.7 Å². The molecule has 2 aromatic carbocycles. The number of rotatable bonds is 5. The molecule has 0 radical (unpaired) electrons. The van der Waals surface area contributed by atoms with Crippen LogP contribution in [0.2, 0.25) is 0 Å². The number of fused-ring (bicyclic) bond motifs is 1. The van der Waals surface area contributed by atoms with E-state index in [2.05, 4.69) is 4.99 Å². The average Bonchev–Trinajstić information content (AvgIpc) is 3.15. The molecule has 1 amide bonds. The van der Waals surface area contributed by atoms with Gasteiger partial charge >= 0.3 is 0 Å². The van der Waals surface area contributed by atoms with Gasteiger partial charge in [0.15, 0.2) is 15.0 Å². The molecule has 0 aliphatic carbocycles. The van der Waals surface area contributed by atoms with Crippen LogP contribution in [0.3, 0.4) is 0 Å². The first-order valence-electron chi connectivity index (χ1n) is 9.35. The number of hydrogen-bond donors (Lipinski definition) is 0. The van der Waals surface area contributed by atoms with Crippen LogP contribution in [0.4, 0.5) is 0 Å². The normalized spacial score (nSPS) is 23.9. The molecule has 152 valence electrons. The maximum absolute atomic E-state index is 12.5. The smallest absolute Gasteiger partial charge is 0.252 e. The molecule has 0 saturated carbocycles. The minimum absolute atomic E-state index is 0.0890. The van der Waals surface area contributed by atoms with Gasteiger partial charge in [-0.2, -0.15) is 4.99 Å². The zero-order valence-corrected chi connectivity index (χ0v) is 17.7. The fraction of sp³-hybridized carbons (Fsp3) is 0.333. The van der Waals surface area contributed by atoms with Gasteiger partial charge in [0, 0.05) is 11.8 Å². The van der Waals surface area contributed by atoms with Crippen molar-refractivity contribution in [1.82, 2.24) is 4.90 Å². The van der Waals surface area contributed by atoms with Crippen LogP contribution in [-0.4, -0.2) is 54.3 Å². The van der Waals surface area contributed by atoms with E-state index in [0.717, 1.165) is 16.9 Å². The van der Waals surface area contributed by atoms with E-state index in [4.69, 9.17) is 4.74 Å². The Morgan fingerprint density at radius 2 is 1.90 bits per heavy atom. The van der Waals surface area contributed by atoms with Gasteiger partial charge in [-0.3, -0.25) is 4.79 Å². The topological polar surface area (TPSA) is 76.0 Å². The number of amidine groups is 1. The van der Waals surface area contributed by atoms with Gasteiger partial charge in [-0.1, -0.05) is 54.2 Å². The highest BCUT2D eigenvalue weighted by molar-refractivity contribution is 8.15. The Kier molecular flexibility index (Phi) is 5.65. The first-order valence-corrected chi connectivity index (χ1v) is 12.1. The number of ether oxygens (including phenoxy) is 1. The van der Waals surface area contributed by atoms with Crippen LogP contribution in [0, 0.1) is 0 Å². The number of amides is 1. The molecule has 6 nitrogen and oxygen atoms in total. The molecule has 2 aliphatic heterocycles. The van der Waals surface area contributed by atoms with Gasteiger partial charge in [-0.15, -0.1) is 0 Å². The molecule has 8 heteroatoms. The summed E-state index contributed by atoms with van der Waals surface area (Å²) in [6.07, 6.45) is 0.228. The minimum Gasteiger partial charge on any atom is -0.497 e. The van der Waals surface area contributed by atoms with Crippen molar-refractivity contribution in [1.29, 1.82) is 0 Å². The van der Waals surface area contributed by atoms with Crippen molar-refractivity contribution in [2.45, 2.75) is 24.3 Å². The van der Waals surface area contributed by atoms with Crippen molar-refractivity contribution in [3.63, 3.8) is 0 Å². The minimum atomic E-state index is -3.07. The van der Waals surface area contributed by atoms with Gasteiger partial charge in [0.05, 0.1) is 31.1 Å². The van der Waals surface area contributed by atoms with Crippen LogP contribution in [0.5, 0.6) is 5.75 Å². The maximum Gasteiger partial charge on any atom is 0.252 e. The molecule has 0 N–H and O–H groups in total. The fourth-order valence-electron chi connectivity index (χ4n) is 3.70. The molecule has 2 atom stereocenters. The number of benzene rings is 2. The number of sulfone groups is 1. The van der Waals surface area contributed by atoms with Gasteiger partial charge in [-0.25, -0.2) is 8.42 Å². The first kappa shape index (κ1) is 20.0. The molecule has 2 aliphatic rings. The number of methoxy groups -OCH3 is 1. The van der Waals surface area contributed by atoms with Gasteiger partial charge in [0.25, 0.3) is 5.91 Å². The quantitative estimate of drug-likeness (QED) is 0.726. The zero-order valence-electron chi connectivity index (χ0n) is 16.0. The second kappa shape index (κ2) is 8.20. The van der Waals surface area contributed by atoms with Gasteiger partial charge in [0.2, 0.25) is 0 Å². The third-order valence-electron chi connectivity index (χ3n) is 5.08. The third-order valence-corrected chi connectivity index (χ3v) is 8.33. The van der Waals surface area contributed by atoms with Crippen molar-refractivity contribution < 1.29 is 17.9 Å². The van der Waals surface area contributed by atoms with Crippen LogP contribution in [0.25, 0.3) is 0 Å². The lowest BCUT2D eigenvalue weighted by Gasteiger charge is -2.24. The number of aliphatic imine (C=N–C) groups is 1. The Morgan fingerprint density at radius 1 is 1.14 bits per heavy atom. The molecule has 4 rings (SSSR count). The summed E-state index contributed by atoms with van der Waals surface area (Å²) in [5.74, 6) is 0.740. The highest BCUT2D eigenvalue weighted by Crippen LogP contribution is 2.39. The second-order valence-electron chi connectivity index (χ2n) is 7.23. The fourth-order valence-corrected chi connectivity index (χ4v) is 7.67. The van der Waals surface area contributed by atoms with Crippen molar-refractivity contribution in [2.24, 2.45) is 4.99 Å². The Bertz CT molecular complexity index is 1040. The Labute approximate surface area is 174 Å². The molecular formula is C21H22N2O4S2. The van der Waals surface area contributed by atoms with Crippen LogP contribution in [0.15, 0.2) is 59.6 Å². The van der Waals surface area contributed by atoms with Crippen LogP contribution in [0.1, 0.15) is 11.1 Å². The number of thioether (sulfide) groups is 1. The standard InChI is InChI=1S/C21H22N2O4S2/c1-27-17-9-5-8-16(10-17)12-23-18-13-29(25,26)14-19(18)28-21(23)22-20(24)11-15-6-3-2-4-7-15/h2-10,18-19H,11-14H2,1H3/t18-,19+/m0/s1. The maximum atomic E-state index is 12.5. The summed E-state index contributed by atoms with van der Waals surface area (Å²) in [4.78, 5) is 18.9. The van der Waals surface area contributed by atoms with Crippen molar-refractivity contribution in [3.8, 4) is 5.75 Å². The van der Waals surface area contributed by atoms with Crippen molar-refractivity contribution in [2.75, 3.05) is 18.6 Å². The Morgan fingerprint density at radius 3 is 2.66 bits per heavy atom. The Hall–Kier alpha value is -2.32. The van der Waals surface area contributed by atoms with Gasteiger partial charge < -0.3 is 9.64 Å². The summed E-state index contributed by atoms with van der Waals surface area (Å²) >= 11 is 1.40. The molecule has 0 unspecified atom stereocenters. The molecule has 2 saturated heterocycles. The number of carbonyl (C=O) groups is 1. The van der Waals surface area contributed by atoms with E-state index < -0.39 is 9.84 Å². The van der Waals surface area contributed by atoms with Crippen molar-refractivity contribution in [3.05, 3.63) is 65.7 Å². The second-order valence-corrected chi connectivity index (χ2v) is 10.6. The zero-order chi connectivity index (χ0) is 20.4. The van der Waals surface area contributed by atoms with Gasteiger partial charge in [-0.05, 0) is 23.3 Å². The number of carbonyl (C=O) groups excluding carboxylic acids is 1. The van der Waals surface area contributed by atoms with E-state index in [1.54, 1.807) is 7.11 Å². The third kappa shape index (κ3) is 4.64. The summed E-state index contributed by atoms with van der Waals surface area (Å²) in [5, 5.41) is 0.521. The highest BCUT2D eigenvalue weighted by atomic mass is 32.2. The van der Waals surface area contributed by atoms with E-state index in [-0.39, 0.29) is 35.1 Å².